The molecule has 0 N–H and O–H groups in total. The Morgan fingerprint density at radius 3 is 2.44 bits per heavy atom. The molecule has 2 heterocycles. The maximum Gasteiger partial charge on any atom is 0.254 e. The number of amides is 1. The maximum atomic E-state index is 12.9. The number of hydrogen-bond donors (Lipinski definition) is 0. The van der Waals surface area contributed by atoms with Crippen LogP contribution in [0.1, 0.15) is 24.2 Å². The molecule has 1 saturated heterocycles. The topological polar surface area (TPSA) is 59.8 Å². The van der Waals surface area contributed by atoms with E-state index in [1.165, 1.54) is 0 Å². The van der Waals surface area contributed by atoms with Gasteiger partial charge in [-0.3, -0.25) is 14.4 Å². The van der Waals surface area contributed by atoms with E-state index < -0.39 is 0 Å². The minimum absolute atomic E-state index is 0.0470. The number of carbonyl (C=O) groups is 1. The van der Waals surface area contributed by atoms with Crippen LogP contribution in [0, 0.1) is 0 Å². The first-order chi connectivity index (χ1) is 13.2. The van der Waals surface area contributed by atoms with E-state index in [2.05, 4.69) is 10.00 Å². The van der Waals surface area contributed by atoms with Crippen molar-refractivity contribution in [2.45, 2.75) is 20.4 Å². The van der Waals surface area contributed by atoms with Gasteiger partial charge in [-0.05, 0) is 38.1 Å². The van der Waals surface area contributed by atoms with Crippen molar-refractivity contribution >= 4 is 5.91 Å². The highest BCUT2D eigenvalue weighted by atomic mass is 16.5. The molecule has 1 fully saturated rings. The van der Waals surface area contributed by atoms with Crippen LogP contribution in [-0.4, -0.2) is 71.4 Å². The number of hydrogen-bond acceptors (Lipinski definition) is 5. The third-order valence-electron chi connectivity index (χ3n) is 4.65. The summed E-state index contributed by atoms with van der Waals surface area (Å²) in [6.45, 7) is 9.99. The predicted molar refractivity (Wildman–Crippen MR) is 103 cm³/mol. The Morgan fingerprint density at radius 2 is 1.78 bits per heavy atom. The Morgan fingerprint density at radius 1 is 1.04 bits per heavy atom. The van der Waals surface area contributed by atoms with Gasteiger partial charge in [-0.1, -0.05) is 0 Å². The molecule has 1 aromatic heterocycles. The van der Waals surface area contributed by atoms with Crippen molar-refractivity contribution in [2.24, 2.45) is 0 Å². The number of aromatic nitrogens is 2. The lowest BCUT2D eigenvalue weighted by Crippen LogP contribution is -2.49. The lowest BCUT2D eigenvalue weighted by atomic mass is 10.1. The molecule has 1 amide bonds. The number of benzene rings is 1. The molecule has 3 rings (SSSR count). The Balaban J connectivity index is 1.56. The Kier molecular flexibility index (Phi) is 6.70. The number of carbonyl (C=O) groups excluding carboxylic acids is 1. The van der Waals surface area contributed by atoms with Crippen LogP contribution in [0.2, 0.25) is 0 Å². The van der Waals surface area contributed by atoms with Crippen LogP contribution < -0.4 is 9.47 Å². The van der Waals surface area contributed by atoms with E-state index in [4.69, 9.17) is 9.47 Å². The number of rotatable bonds is 8. The van der Waals surface area contributed by atoms with Gasteiger partial charge in [0, 0.05) is 50.7 Å². The maximum absolute atomic E-state index is 12.9. The second kappa shape index (κ2) is 9.41. The first-order valence-electron chi connectivity index (χ1n) is 9.60. The molecular formula is C20H28N4O3. The average Bonchev–Trinajstić information content (AvgIpc) is 3.22. The summed E-state index contributed by atoms with van der Waals surface area (Å²) in [4.78, 5) is 17.2. The lowest BCUT2D eigenvalue weighted by molar-refractivity contribution is 0.0631. The third kappa shape index (κ3) is 5.01. The zero-order valence-corrected chi connectivity index (χ0v) is 16.1. The van der Waals surface area contributed by atoms with Gasteiger partial charge < -0.3 is 14.4 Å². The molecule has 1 aromatic carbocycles. The highest BCUT2D eigenvalue weighted by molar-refractivity contribution is 5.95. The van der Waals surface area contributed by atoms with Gasteiger partial charge in [-0.15, -0.1) is 0 Å². The van der Waals surface area contributed by atoms with Crippen molar-refractivity contribution in [3.8, 4) is 11.5 Å². The summed E-state index contributed by atoms with van der Waals surface area (Å²) in [6, 6.07) is 7.37. The average molecular weight is 372 g/mol. The molecule has 27 heavy (non-hydrogen) atoms. The second-order valence-corrected chi connectivity index (χ2v) is 6.43. The van der Waals surface area contributed by atoms with Gasteiger partial charge in [-0.2, -0.15) is 5.10 Å². The molecule has 0 atom stereocenters. The van der Waals surface area contributed by atoms with E-state index >= 15 is 0 Å². The van der Waals surface area contributed by atoms with Crippen molar-refractivity contribution in [1.82, 2.24) is 19.6 Å². The normalized spacial score (nSPS) is 15.0. The molecule has 0 unspecified atom stereocenters. The van der Waals surface area contributed by atoms with E-state index in [1.807, 2.05) is 47.8 Å². The standard InChI is InChI=1S/C20H28N4O3/c1-3-26-18-7-6-17(16-19(18)27-4-2)20(25)23-13-10-22(11-14-23)12-15-24-9-5-8-21-24/h5-9,16H,3-4,10-15H2,1-2H3. The van der Waals surface area contributed by atoms with Crippen LogP contribution in [0.4, 0.5) is 0 Å². The predicted octanol–water partition coefficient (Wildman–Crippen LogP) is 2.14. The number of piperazine rings is 1. The molecule has 1 aliphatic heterocycles. The monoisotopic (exact) mass is 372 g/mol. The lowest BCUT2D eigenvalue weighted by Gasteiger charge is -2.34. The number of nitrogens with zero attached hydrogens (tertiary/aromatic N) is 4. The van der Waals surface area contributed by atoms with Crippen LogP contribution in [0.15, 0.2) is 36.7 Å². The van der Waals surface area contributed by atoms with Gasteiger partial charge >= 0.3 is 0 Å². The van der Waals surface area contributed by atoms with Crippen molar-refractivity contribution < 1.29 is 14.3 Å². The van der Waals surface area contributed by atoms with Crippen molar-refractivity contribution in [3.05, 3.63) is 42.2 Å². The molecule has 7 nitrogen and oxygen atoms in total. The molecule has 0 spiro atoms. The van der Waals surface area contributed by atoms with E-state index in [-0.39, 0.29) is 5.91 Å². The summed E-state index contributed by atoms with van der Waals surface area (Å²) in [5.74, 6) is 1.35. The number of ether oxygens (including phenoxy) is 2. The van der Waals surface area contributed by atoms with Gasteiger partial charge in [0.05, 0.1) is 19.8 Å². The summed E-state index contributed by atoms with van der Waals surface area (Å²) in [5, 5.41) is 4.23. The van der Waals surface area contributed by atoms with E-state index in [0.29, 0.717) is 30.3 Å². The Hall–Kier alpha value is -2.54. The summed E-state index contributed by atoms with van der Waals surface area (Å²) in [5.41, 5.74) is 0.645. The van der Waals surface area contributed by atoms with Crippen LogP contribution >= 0.6 is 0 Å². The first kappa shape index (κ1) is 19.2. The SMILES string of the molecule is CCOc1ccc(C(=O)N2CCN(CCn3cccn3)CC2)cc1OCC. The van der Waals surface area contributed by atoms with E-state index in [1.54, 1.807) is 12.3 Å². The highest BCUT2D eigenvalue weighted by Crippen LogP contribution is 2.29. The highest BCUT2D eigenvalue weighted by Gasteiger charge is 2.23. The molecule has 1 aliphatic rings. The summed E-state index contributed by atoms with van der Waals surface area (Å²) < 4.78 is 13.2. The van der Waals surface area contributed by atoms with Crippen molar-refractivity contribution in [2.75, 3.05) is 45.9 Å². The minimum atomic E-state index is 0.0470. The van der Waals surface area contributed by atoms with Crippen LogP contribution in [0.3, 0.4) is 0 Å². The summed E-state index contributed by atoms with van der Waals surface area (Å²) in [7, 11) is 0. The molecule has 0 saturated carbocycles. The minimum Gasteiger partial charge on any atom is -0.490 e. The molecule has 0 aliphatic carbocycles. The zero-order chi connectivity index (χ0) is 19.1. The van der Waals surface area contributed by atoms with Crippen LogP contribution in [0.5, 0.6) is 11.5 Å². The zero-order valence-electron chi connectivity index (χ0n) is 16.1. The van der Waals surface area contributed by atoms with Crippen molar-refractivity contribution in [1.29, 1.82) is 0 Å². The quantitative estimate of drug-likeness (QED) is 0.711. The molecule has 146 valence electrons. The Labute approximate surface area is 160 Å². The van der Waals surface area contributed by atoms with Gasteiger partial charge in [0.15, 0.2) is 11.5 Å². The van der Waals surface area contributed by atoms with Crippen LogP contribution in [-0.2, 0) is 6.54 Å². The van der Waals surface area contributed by atoms with Gasteiger partial charge in [0.25, 0.3) is 5.91 Å². The third-order valence-corrected chi connectivity index (χ3v) is 4.65. The summed E-state index contributed by atoms with van der Waals surface area (Å²) >= 11 is 0. The Bertz CT molecular complexity index is 725. The fraction of sp³-hybridized carbons (Fsp3) is 0.500. The second-order valence-electron chi connectivity index (χ2n) is 6.43. The van der Waals surface area contributed by atoms with Crippen LogP contribution in [0.25, 0.3) is 0 Å². The van der Waals surface area contributed by atoms with Crippen molar-refractivity contribution in [3.63, 3.8) is 0 Å². The molecule has 2 aromatic rings. The first-order valence-corrected chi connectivity index (χ1v) is 9.60. The van der Waals surface area contributed by atoms with Gasteiger partial charge in [0.1, 0.15) is 0 Å². The summed E-state index contributed by atoms with van der Waals surface area (Å²) in [6.07, 6.45) is 3.77. The fourth-order valence-electron chi connectivity index (χ4n) is 3.22. The molecular weight excluding hydrogens is 344 g/mol. The van der Waals surface area contributed by atoms with Gasteiger partial charge in [0.2, 0.25) is 0 Å². The molecule has 7 heteroatoms. The van der Waals surface area contributed by atoms with E-state index in [0.717, 1.165) is 39.3 Å². The largest absolute Gasteiger partial charge is 0.490 e. The van der Waals surface area contributed by atoms with Gasteiger partial charge in [-0.25, -0.2) is 0 Å². The molecule has 0 bridgehead atoms. The van der Waals surface area contributed by atoms with E-state index in [9.17, 15) is 4.79 Å². The molecule has 0 radical (unpaired) electrons. The fourth-order valence-corrected chi connectivity index (χ4v) is 3.22. The smallest absolute Gasteiger partial charge is 0.254 e.